The molecule has 4 nitrogen and oxygen atoms in total. The van der Waals surface area contributed by atoms with Crippen LogP contribution in [0.4, 0.5) is 5.82 Å². The fourth-order valence-electron chi connectivity index (χ4n) is 3.30. The molecule has 3 rings (SSSR count). The maximum Gasteiger partial charge on any atom is 0.224 e. The Kier molecular flexibility index (Phi) is 5.13. The van der Waals surface area contributed by atoms with Gasteiger partial charge in [0.25, 0.3) is 0 Å². The van der Waals surface area contributed by atoms with Crippen molar-refractivity contribution in [1.29, 1.82) is 0 Å². The minimum atomic E-state index is 0.305. The van der Waals surface area contributed by atoms with E-state index in [9.17, 15) is 0 Å². The summed E-state index contributed by atoms with van der Waals surface area (Å²) in [7, 11) is 2.10. The number of rotatable bonds is 4. The lowest BCUT2D eigenvalue weighted by atomic mass is 9.92. The maximum absolute atomic E-state index is 5.94. The Morgan fingerprint density at radius 1 is 1.26 bits per heavy atom. The average Bonchev–Trinajstić information content (AvgIpc) is 2.57. The van der Waals surface area contributed by atoms with E-state index in [1.807, 2.05) is 6.07 Å². The summed E-state index contributed by atoms with van der Waals surface area (Å²) in [5, 5.41) is 0.305. The Morgan fingerprint density at radius 2 is 2.04 bits per heavy atom. The van der Waals surface area contributed by atoms with Gasteiger partial charge >= 0.3 is 0 Å². The van der Waals surface area contributed by atoms with Gasteiger partial charge in [-0.3, -0.25) is 4.90 Å². The van der Waals surface area contributed by atoms with Crippen LogP contribution in [0.2, 0.25) is 5.28 Å². The lowest BCUT2D eigenvalue weighted by molar-refractivity contribution is 0.159. The molecule has 0 amide bonds. The lowest BCUT2D eigenvalue weighted by Gasteiger charge is -2.42. The molecule has 1 fully saturated rings. The van der Waals surface area contributed by atoms with Crippen molar-refractivity contribution in [2.24, 2.45) is 5.92 Å². The number of benzene rings is 1. The molecule has 0 N–H and O–H groups in total. The second kappa shape index (κ2) is 7.28. The molecule has 23 heavy (non-hydrogen) atoms. The lowest BCUT2D eigenvalue weighted by Crippen LogP contribution is -2.50. The number of piperidine rings is 1. The third-order valence-electron chi connectivity index (χ3n) is 4.72. The van der Waals surface area contributed by atoms with Crippen molar-refractivity contribution in [3.05, 3.63) is 53.4 Å². The molecule has 0 bridgehead atoms. The van der Waals surface area contributed by atoms with Gasteiger partial charge in [-0.1, -0.05) is 37.3 Å². The normalized spacial score (nSPS) is 22.0. The first-order valence-electron chi connectivity index (χ1n) is 8.11. The van der Waals surface area contributed by atoms with Gasteiger partial charge in [-0.25, -0.2) is 9.97 Å². The molecule has 2 heterocycles. The second-order valence-electron chi connectivity index (χ2n) is 6.35. The Balaban J connectivity index is 1.70. The van der Waals surface area contributed by atoms with Crippen LogP contribution in [0.1, 0.15) is 18.9 Å². The molecule has 2 aromatic rings. The fraction of sp³-hybridized carbons (Fsp3) is 0.444. The van der Waals surface area contributed by atoms with E-state index >= 15 is 0 Å². The Labute approximate surface area is 143 Å². The highest BCUT2D eigenvalue weighted by molar-refractivity contribution is 6.28. The molecule has 0 unspecified atom stereocenters. The first-order valence-corrected chi connectivity index (χ1v) is 8.49. The van der Waals surface area contributed by atoms with Crippen LogP contribution in [0.15, 0.2) is 42.6 Å². The quantitative estimate of drug-likeness (QED) is 0.803. The van der Waals surface area contributed by atoms with Gasteiger partial charge in [0.2, 0.25) is 5.28 Å². The maximum atomic E-state index is 5.94. The average molecular weight is 331 g/mol. The highest BCUT2D eigenvalue weighted by Gasteiger charge is 2.30. The summed E-state index contributed by atoms with van der Waals surface area (Å²) in [5.74, 6) is 1.52. The van der Waals surface area contributed by atoms with Crippen molar-refractivity contribution < 1.29 is 0 Å². The summed E-state index contributed by atoms with van der Waals surface area (Å²) in [4.78, 5) is 13.1. The first-order chi connectivity index (χ1) is 11.1. The van der Waals surface area contributed by atoms with Crippen LogP contribution in [-0.2, 0) is 6.54 Å². The zero-order chi connectivity index (χ0) is 16.2. The van der Waals surface area contributed by atoms with Crippen LogP contribution in [0.25, 0.3) is 0 Å². The third kappa shape index (κ3) is 4.01. The molecule has 0 aliphatic carbocycles. The Hall–Kier alpha value is -1.65. The number of hydrogen-bond donors (Lipinski definition) is 0. The molecule has 1 saturated heterocycles. The predicted molar refractivity (Wildman–Crippen MR) is 94.7 cm³/mol. The van der Waals surface area contributed by atoms with Gasteiger partial charge in [0, 0.05) is 32.4 Å². The van der Waals surface area contributed by atoms with Gasteiger partial charge in [0.05, 0.1) is 0 Å². The molecule has 122 valence electrons. The van der Waals surface area contributed by atoms with E-state index in [1.165, 1.54) is 12.0 Å². The standard InChI is InChI=1S/C18H23ClN4/c1-14-9-11-23(12-15-6-4-3-5-7-15)13-16(14)22(2)17-8-10-20-18(19)21-17/h3-8,10,14,16H,9,11-13H2,1-2H3/t14-,16+/m1/s1. The summed E-state index contributed by atoms with van der Waals surface area (Å²) in [6.07, 6.45) is 2.91. The number of aromatic nitrogens is 2. The molecule has 0 radical (unpaired) electrons. The molecule has 1 aliphatic heterocycles. The van der Waals surface area contributed by atoms with E-state index in [2.05, 4.69) is 64.1 Å². The first kappa shape index (κ1) is 16.2. The van der Waals surface area contributed by atoms with E-state index < -0.39 is 0 Å². The number of halogens is 1. The van der Waals surface area contributed by atoms with Crippen molar-refractivity contribution in [2.45, 2.75) is 25.9 Å². The van der Waals surface area contributed by atoms with Gasteiger partial charge in [-0.15, -0.1) is 0 Å². The summed E-state index contributed by atoms with van der Waals surface area (Å²) >= 11 is 5.94. The van der Waals surface area contributed by atoms with Crippen LogP contribution in [0, 0.1) is 5.92 Å². The summed E-state index contributed by atoms with van der Waals surface area (Å²) < 4.78 is 0. The van der Waals surface area contributed by atoms with Gasteiger partial charge in [-0.05, 0) is 42.1 Å². The molecular formula is C18H23ClN4. The van der Waals surface area contributed by atoms with E-state index in [0.29, 0.717) is 17.2 Å². The number of likely N-dealkylation sites (N-methyl/N-ethyl adjacent to an activating group) is 1. The van der Waals surface area contributed by atoms with Gasteiger partial charge < -0.3 is 4.90 Å². The summed E-state index contributed by atoms with van der Waals surface area (Å²) in [5.41, 5.74) is 1.37. The topological polar surface area (TPSA) is 32.3 Å². The highest BCUT2D eigenvalue weighted by atomic mass is 35.5. The van der Waals surface area contributed by atoms with Crippen LogP contribution in [0.3, 0.4) is 0 Å². The number of hydrogen-bond acceptors (Lipinski definition) is 4. The van der Waals surface area contributed by atoms with Crippen molar-refractivity contribution in [3.63, 3.8) is 0 Å². The molecular weight excluding hydrogens is 308 g/mol. The zero-order valence-electron chi connectivity index (χ0n) is 13.7. The number of nitrogens with zero attached hydrogens (tertiary/aromatic N) is 4. The summed E-state index contributed by atoms with van der Waals surface area (Å²) in [6.45, 7) is 5.51. The van der Waals surface area contributed by atoms with Gasteiger partial charge in [0.1, 0.15) is 5.82 Å². The second-order valence-corrected chi connectivity index (χ2v) is 6.69. The summed E-state index contributed by atoms with van der Waals surface area (Å²) in [6, 6.07) is 13.0. The van der Waals surface area contributed by atoms with Crippen LogP contribution < -0.4 is 4.90 Å². The molecule has 0 spiro atoms. The minimum absolute atomic E-state index is 0.305. The van der Waals surface area contributed by atoms with Crippen molar-refractivity contribution in [1.82, 2.24) is 14.9 Å². The zero-order valence-corrected chi connectivity index (χ0v) is 14.4. The minimum Gasteiger partial charge on any atom is -0.355 e. The van der Waals surface area contributed by atoms with Crippen molar-refractivity contribution in [2.75, 3.05) is 25.0 Å². The van der Waals surface area contributed by atoms with E-state index in [1.54, 1.807) is 6.20 Å². The van der Waals surface area contributed by atoms with Crippen molar-refractivity contribution >= 4 is 17.4 Å². The molecule has 1 aromatic carbocycles. The van der Waals surface area contributed by atoms with E-state index in [4.69, 9.17) is 11.6 Å². The molecule has 1 aromatic heterocycles. The Morgan fingerprint density at radius 3 is 2.78 bits per heavy atom. The van der Waals surface area contributed by atoms with E-state index in [-0.39, 0.29) is 0 Å². The number of anilines is 1. The fourth-order valence-corrected chi connectivity index (χ4v) is 3.44. The molecule has 2 atom stereocenters. The van der Waals surface area contributed by atoms with Crippen LogP contribution in [0.5, 0.6) is 0 Å². The largest absolute Gasteiger partial charge is 0.355 e. The smallest absolute Gasteiger partial charge is 0.224 e. The Bertz CT molecular complexity index is 634. The van der Waals surface area contributed by atoms with Crippen LogP contribution >= 0.6 is 11.6 Å². The highest BCUT2D eigenvalue weighted by Crippen LogP contribution is 2.25. The monoisotopic (exact) mass is 330 g/mol. The molecule has 1 aliphatic rings. The van der Waals surface area contributed by atoms with Gasteiger partial charge in [-0.2, -0.15) is 0 Å². The van der Waals surface area contributed by atoms with Crippen LogP contribution in [-0.4, -0.2) is 41.0 Å². The predicted octanol–water partition coefficient (Wildman–Crippen LogP) is 3.48. The molecule has 5 heteroatoms. The SMILES string of the molecule is C[C@@H]1CCN(Cc2ccccc2)C[C@@H]1N(C)c1ccnc(Cl)n1. The number of likely N-dealkylation sites (tertiary alicyclic amines) is 1. The van der Waals surface area contributed by atoms with Gasteiger partial charge in [0.15, 0.2) is 0 Å². The van der Waals surface area contributed by atoms with Crippen molar-refractivity contribution in [3.8, 4) is 0 Å². The molecule has 0 saturated carbocycles. The van der Waals surface area contributed by atoms with E-state index in [0.717, 1.165) is 25.5 Å². The third-order valence-corrected chi connectivity index (χ3v) is 4.90.